The Morgan fingerprint density at radius 2 is 1.95 bits per heavy atom. The van der Waals surface area contributed by atoms with Crippen LogP contribution in [0.2, 0.25) is 5.02 Å². The maximum Gasteiger partial charge on any atom is 0.236 e. The molecule has 0 aromatic heterocycles. The van der Waals surface area contributed by atoms with Crippen LogP contribution in [0.5, 0.6) is 0 Å². The van der Waals surface area contributed by atoms with Gasteiger partial charge in [-0.15, -0.1) is 0 Å². The first-order chi connectivity index (χ1) is 9.91. The summed E-state index contributed by atoms with van der Waals surface area (Å²) in [6.45, 7) is 0. The molecule has 1 fully saturated rings. The number of benzene rings is 1. The zero-order valence-corrected chi connectivity index (χ0v) is 13.4. The molecule has 0 aliphatic heterocycles. The van der Waals surface area contributed by atoms with Gasteiger partial charge in [-0.3, -0.25) is 4.79 Å². The molecule has 1 aliphatic carbocycles. The molecule has 0 radical (unpaired) electrons. The molecule has 1 aromatic rings. The van der Waals surface area contributed by atoms with Crippen molar-refractivity contribution >= 4 is 27.5 Å². The largest absolute Gasteiger partial charge is 0.352 e. The minimum Gasteiger partial charge on any atom is -0.352 e. The molecule has 116 valence electrons. The van der Waals surface area contributed by atoms with E-state index in [2.05, 4.69) is 10.0 Å². The van der Waals surface area contributed by atoms with Crippen LogP contribution in [0.25, 0.3) is 0 Å². The van der Waals surface area contributed by atoms with E-state index in [0.29, 0.717) is 5.02 Å². The first kappa shape index (κ1) is 16.3. The Labute approximate surface area is 130 Å². The summed E-state index contributed by atoms with van der Waals surface area (Å²) in [4.78, 5) is 11.9. The van der Waals surface area contributed by atoms with E-state index in [9.17, 15) is 13.2 Å². The zero-order valence-electron chi connectivity index (χ0n) is 11.8. The number of rotatable bonds is 5. The van der Waals surface area contributed by atoms with Crippen LogP contribution in [0.1, 0.15) is 30.7 Å². The molecule has 2 N–H and O–H groups in total. The molecule has 1 saturated carbocycles. The molecule has 5 nitrogen and oxygen atoms in total. The Balaban J connectivity index is 2.02. The van der Waals surface area contributed by atoms with E-state index < -0.39 is 21.7 Å². The fraction of sp³-hybridized carbons (Fsp3) is 0.500. The second-order valence-corrected chi connectivity index (χ2v) is 7.59. The lowest BCUT2D eigenvalue weighted by atomic mass is 9.94. The van der Waals surface area contributed by atoms with Crippen molar-refractivity contribution < 1.29 is 13.2 Å². The molecule has 0 saturated heterocycles. The second-order valence-electron chi connectivity index (χ2n) is 5.23. The molecule has 0 bridgehead atoms. The summed E-state index contributed by atoms with van der Waals surface area (Å²) in [7, 11) is -2.23. The molecular formula is C14H19ClN2O3S. The molecule has 0 unspecified atom stereocenters. The molecule has 1 aliphatic rings. The summed E-state index contributed by atoms with van der Waals surface area (Å²) in [6, 6.07) is 7.56. The Morgan fingerprint density at radius 3 is 2.57 bits per heavy atom. The number of hydrogen-bond donors (Lipinski definition) is 2. The monoisotopic (exact) mass is 330 g/mol. The summed E-state index contributed by atoms with van der Waals surface area (Å²) in [6.07, 6.45) is 2.85. The minimum absolute atomic E-state index is 0.0225. The lowest BCUT2D eigenvalue weighted by molar-refractivity contribution is -0.119. The van der Waals surface area contributed by atoms with E-state index in [4.69, 9.17) is 11.6 Å². The van der Waals surface area contributed by atoms with Gasteiger partial charge >= 0.3 is 0 Å². The summed E-state index contributed by atoms with van der Waals surface area (Å²) < 4.78 is 24.9. The van der Waals surface area contributed by atoms with Crippen molar-refractivity contribution in [2.45, 2.75) is 31.2 Å². The number of halogens is 1. The zero-order chi connectivity index (χ0) is 15.5. The fourth-order valence-electron chi connectivity index (χ4n) is 2.73. The van der Waals surface area contributed by atoms with Crippen molar-refractivity contribution in [3.05, 3.63) is 34.9 Å². The molecular weight excluding hydrogens is 312 g/mol. The van der Waals surface area contributed by atoms with Crippen molar-refractivity contribution in [2.75, 3.05) is 12.8 Å². The molecule has 7 heteroatoms. The third kappa shape index (κ3) is 4.43. The highest BCUT2D eigenvalue weighted by Gasteiger charge is 2.30. The molecule has 0 heterocycles. The number of nitrogens with one attached hydrogen (secondary N) is 2. The lowest BCUT2D eigenvalue weighted by Crippen LogP contribution is -2.41. The van der Waals surface area contributed by atoms with Crippen LogP contribution in [-0.2, 0) is 14.8 Å². The van der Waals surface area contributed by atoms with Crippen LogP contribution in [0.15, 0.2) is 24.3 Å². The second kappa shape index (κ2) is 6.77. The van der Waals surface area contributed by atoms with Gasteiger partial charge < -0.3 is 5.32 Å². The lowest BCUT2D eigenvalue weighted by Gasteiger charge is -2.21. The minimum atomic E-state index is -3.53. The first-order valence-electron chi connectivity index (χ1n) is 6.87. The standard InChI is InChI=1S/C14H19ClN2O3S/c1-16-21(19,20)9-14(18)17-13-4-2-3-12(13)10-5-7-11(15)8-6-10/h5-8,12-13,16H,2-4,9H2,1H3,(H,17,18)/t12-,13+/m1/s1. The van der Waals surface area contributed by atoms with Gasteiger partial charge in [-0.2, -0.15) is 0 Å². The van der Waals surface area contributed by atoms with Crippen LogP contribution in [0, 0.1) is 0 Å². The third-order valence-corrected chi connectivity index (χ3v) is 5.31. The van der Waals surface area contributed by atoms with Crippen LogP contribution < -0.4 is 10.0 Å². The Bertz CT molecular complexity index is 601. The Hall–Kier alpha value is -1.11. The van der Waals surface area contributed by atoms with E-state index >= 15 is 0 Å². The van der Waals surface area contributed by atoms with Crippen LogP contribution in [0.4, 0.5) is 0 Å². The van der Waals surface area contributed by atoms with Crippen molar-refractivity contribution in [1.82, 2.24) is 10.0 Å². The van der Waals surface area contributed by atoms with Crippen LogP contribution in [0.3, 0.4) is 0 Å². The Kier molecular flexibility index (Phi) is 5.24. The molecule has 0 spiro atoms. The summed E-state index contributed by atoms with van der Waals surface area (Å²) in [5, 5.41) is 3.52. The predicted molar refractivity (Wildman–Crippen MR) is 82.8 cm³/mol. The van der Waals surface area contributed by atoms with Crippen molar-refractivity contribution in [1.29, 1.82) is 0 Å². The van der Waals surface area contributed by atoms with Crippen molar-refractivity contribution in [2.24, 2.45) is 0 Å². The van der Waals surface area contributed by atoms with Crippen molar-refractivity contribution in [3.8, 4) is 0 Å². The highest BCUT2D eigenvalue weighted by molar-refractivity contribution is 7.90. The Morgan fingerprint density at radius 1 is 1.29 bits per heavy atom. The smallest absolute Gasteiger partial charge is 0.236 e. The topological polar surface area (TPSA) is 75.3 Å². The fourth-order valence-corrected chi connectivity index (χ4v) is 3.43. The highest BCUT2D eigenvalue weighted by atomic mass is 35.5. The highest BCUT2D eigenvalue weighted by Crippen LogP contribution is 2.35. The van der Waals surface area contributed by atoms with Gasteiger partial charge in [0.15, 0.2) is 0 Å². The van der Waals surface area contributed by atoms with E-state index in [1.54, 1.807) is 0 Å². The molecule has 2 atom stereocenters. The SMILES string of the molecule is CNS(=O)(=O)CC(=O)N[C@H]1CCC[C@@H]1c1ccc(Cl)cc1. The van der Waals surface area contributed by atoms with E-state index in [1.165, 1.54) is 7.05 Å². The third-order valence-electron chi connectivity index (χ3n) is 3.79. The number of carbonyl (C=O) groups is 1. The molecule has 21 heavy (non-hydrogen) atoms. The molecule has 1 aromatic carbocycles. The number of sulfonamides is 1. The van der Waals surface area contributed by atoms with Gasteiger partial charge in [0.25, 0.3) is 0 Å². The average Bonchev–Trinajstić information content (AvgIpc) is 2.87. The van der Waals surface area contributed by atoms with Crippen LogP contribution >= 0.6 is 11.6 Å². The first-order valence-corrected chi connectivity index (χ1v) is 8.90. The van der Waals surface area contributed by atoms with Gasteiger partial charge in [0.05, 0.1) is 0 Å². The quantitative estimate of drug-likeness (QED) is 0.861. The van der Waals surface area contributed by atoms with Gasteiger partial charge in [-0.25, -0.2) is 13.1 Å². The number of amides is 1. The summed E-state index contributed by atoms with van der Waals surface area (Å²) in [5.74, 6) is -0.786. The number of carbonyl (C=O) groups excluding carboxylic acids is 1. The molecule has 2 rings (SSSR count). The predicted octanol–water partition coefficient (Wildman–Crippen LogP) is 1.64. The average molecular weight is 331 g/mol. The van der Waals surface area contributed by atoms with E-state index in [1.807, 2.05) is 24.3 Å². The van der Waals surface area contributed by atoms with Crippen molar-refractivity contribution in [3.63, 3.8) is 0 Å². The van der Waals surface area contributed by atoms with Gasteiger partial charge in [-0.1, -0.05) is 30.2 Å². The van der Waals surface area contributed by atoms with Gasteiger partial charge in [0.1, 0.15) is 5.75 Å². The van der Waals surface area contributed by atoms with Gasteiger partial charge in [0, 0.05) is 17.0 Å². The van der Waals surface area contributed by atoms with Gasteiger partial charge in [-0.05, 0) is 37.6 Å². The maximum absolute atomic E-state index is 11.9. The summed E-state index contributed by atoms with van der Waals surface area (Å²) in [5.41, 5.74) is 1.12. The molecule has 1 amide bonds. The normalized spacial score (nSPS) is 22.2. The van der Waals surface area contributed by atoms with Crippen LogP contribution in [-0.4, -0.2) is 33.2 Å². The van der Waals surface area contributed by atoms with E-state index in [0.717, 1.165) is 24.8 Å². The number of hydrogen-bond acceptors (Lipinski definition) is 3. The summed E-state index contributed by atoms with van der Waals surface area (Å²) >= 11 is 5.88. The van der Waals surface area contributed by atoms with Gasteiger partial charge in [0.2, 0.25) is 15.9 Å². The van der Waals surface area contributed by atoms with E-state index in [-0.39, 0.29) is 12.0 Å². The maximum atomic E-state index is 11.9.